The van der Waals surface area contributed by atoms with Gasteiger partial charge in [0.05, 0.1) is 12.2 Å². The van der Waals surface area contributed by atoms with Crippen LogP contribution in [0.1, 0.15) is 36.7 Å². The number of nitrogens with zero attached hydrogens (tertiary/aromatic N) is 1. The van der Waals surface area contributed by atoms with Gasteiger partial charge in [0.1, 0.15) is 0 Å². The first kappa shape index (κ1) is 13.6. The Morgan fingerprint density at radius 3 is 2.74 bits per heavy atom. The minimum atomic E-state index is -0.275. The minimum absolute atomic E-state index is 0.124. The van der Waals surface area contributed by atoms with E-state index in [0.717, 1.165) is 25.9 Å². The molecule has 0 bridgehead atoms. The third-order valence-corrected chi connectivity index (χ3v) is 3.40. The van der Waals surface area contributed by atoms with Crippen LogP contribution in [0.25, 0.3) is 0 Å². The lowest BCUT2D eigenvalue weighted by Crippen LogP contribution is -2.42. The number of carbonyl (C=O) groups is 2. The van der Waals surface area contributed by atoms with E-state index in [1.807, 2.05) is 11.8 Å². The lowest BCUT2D eigenvalue weighted by Gasteiger charge is -2.29. The Morgan fingerprint density at radius 1 is 1.37 bits per heavy atom. The number of hydrogen-bond acceptors (Lipinski definition) is 3. The number of amides is 2. The molecule has 0 saturated carbocycles. The molecule has 5 heteroatoms. The van der Waals surface area contributed by atoms with Gasteiger partial charge in [-0.05, 0) is 31.4 Å². The molecule has 1 unspecified atom stereocenters. The second-order valence-corrected chi connectivity index (χ2v) is 4.97. The predicted molar refractivity (Wildman–Crippen MR) is 70.6 cm³/mol. The molecule has 0 spiro atoms. The van der Waals surface area contributed by atoms with Crippen LogP contribution in [-0.4, -0.2) is 36.3 Å². The SMILES string of the molecule is CC(CNC(=O)c1ccco1)C(=O)N1CCCCC1. The molecule has 1 N–H and O–H groups in total. The Kier molecular flexibility index (Phi) is 4.60. The van der Waals surface area contributed by atoms with Crippen molar-refractivity contribution in [3.63, 3.8) is 0 Å². The van der Waals surface area contributed by atoms with E-state index in [1.165, 1.54) is 12.7 Å². The molecule has 1 aromatic rings. The van der Waals surface area contributed by atoms with Gasteiger partial charge in [-0.2, -0.15) is 0 Å². The molecule has 1 aliphatic rings. The van der Waals surface area contributed by atoms with Crippen LogP contribution in [0.3, 0.4) is 0 Å². The fourth-order valence-corrected chi connectivity index (χ4v) is 2.25. The number of nitrogens with one attached hydrogen (secondary N) is 1. The van der Waals surface area contributed by atoms with E-state index in [4.69, 9.17) is 4.42 Å². The van der Waals surface area contributed by atoms with Crippen molar-refractivity contribution in [2.75, 3.05) is 19.6 Å². The van der Waals surface area contributed by atoms with Crippen LogP contribution in [0.15, 0.2) is 22.8 Å². The summed E-state index contributed by atoms with van der Waals surface area (Å²) in [6.45, 7) is 3.87. The van der Waals surface area contributed by atoms with Crippen molar-refractivity contribution in [1.29, 1.82) is 0 Å². The first-order valence-corrected chi connectivity index (χ1v) is 6.79. The molecule has 0 aliphatic carbocycles. The molecular formula is C14H20N2O3. The van der Waals surface area contributed by atoms with E-state index < -0.39 is 0 Å². The summed E-state index contributed by atoms with van der Waals surface area (Å²) >= 11 is 0. The first-order chi connectivity index (χ1) is 9.18. The maximum atomic E-state index is 12.1. The summed E-state index contributed by atoms with van der Waals surface area (Å²) in [4.78, 5) is 25.7. The summed E-state index contributed by atoms with van der Waals surface area (Å²) < 4.78 is 5.00. The highest BCUT2D eigenvalue weighted by atomic mass is 16.3. The molecule has 104 valence electrons. The third-order valence-electron chi connectivity index (χ3n) is 3.40. The van der Waals surface area contributed by atoms with Crippen molar-refractivity contribution in [1.82, 2.24) is 10.2 Å². The Balaban J connectivity index is 1.78. The fraction of sp³-hybridized carbons (Fsp3) is 0.571. The second-order valence-electron chi connectivity index (χ2n) is 4.97. The number of furan rings is 1. The van der Waals surface area contributed by atoms with Gasteiger partial charge in [-0.15, -0.1) is 0 Å². The van der Waals surface area contributed by atoms with Crippen molar-refractivity contribution < 1.29 is 14.0 Å². The van der Waals surface area contributed by atoms with Crippen molar-refractivity contribution in [3.05, 3.63) is 24.2 Å². The topological polar surface area (TPSA) is 62.6 Å². The summed E-state index contributed by atoms with van der Waals surface area (Å²) in [5.41, 5.74) is 0. The van der Waals surface area contributed by atoms with Gasteiger partial charge in [-0.1, -0.05) is 6.92 Å². The van der Waals surface area contributed by atoms with E-state index >= 15 is 0 Å². The quantitative estimate of drug-likeness (QED) is 0.899. The Hall–Kier alpha value is -1.78. The maximum absolute atomic E-state index is 12.1. The highest BCUT2D eigenvalue weighted by Crippen LogP contribution is 2.12. The highest BCUT2D eigenvalue weighted by Gasteiger charge is 2.22. The van der Waals surface area contributed by atoms with Gasteiger partial charge in [-0.25, -0.2) is 0 Å². The van der Waals surface area contributed by atoms with E-state index in [0.29, 0.717) is 6.54 Å². The Labute approximate surface area is 113 Å². The smallest absolute Gasteiger partial charge is 0.287 e. The van der Waals surface area contributed by atoms with E-state index in [-0.39, 0.29) is 23.5 Å². The van der Waals surface area contributed by atoms with Crippen LogP contribution >= 0.6 is 0 Å². The standard InChI is InChI=1S/C14H20N2O3/c1-11(14(18)16-7-3-2-4-8-16)10-15-13(17)12-6-5-9-19-12/h5-6,9,11H,2-4,7-8,10H2,1H3,(H,15,17). The van der Waals surface area contributed by atoms with Crippen molar-refractivity contribution in [2.45, 2.75) is 26.2 Å². The Bertz CT molecular complexity index is 422. The molecule has 1 saturated heterocycles. The molecule has 0 radical (unpaired) electrons. The number of likely N-dealkylation sites (tertiary alicyclic amines) is 1. The van der Waals surface area contributed by atoms with Crippen LogP contribution < -0.4 is 5.32 Å². The highest BCUT2D eigenvalue weighted by molar-refractivity contribution is 5.91. The molecule has 1 aromatic heterocycles. The average Bonchev–Trinajstić information content (AvgIpc) is 2.98. The largest absolute Gasteiger partial charge is 0.459 e. The van der Waals surface area contributed by atoms with Crippen LogP contribution in [0.5, 0.6) is 0 Å². The molecule has 5 nitrogen and oxygen atoms in total. The monoisotopic (exact) mass is 264 g/mol. The molecule has 19 heavy (non-hydrogen) atoms. The minimum Gasteiger partial charge on any atom is -0.459 e. The molecule has 2 heterocycles. The van der Waals surface area contributed by atoms with Gasteiger partial charge in [0.25, 0.3) is 5.91 Å². The zero-order valence-corrected chi connectivity index (χ0v) is 11.2. The van der Waals surface area contributed by atoms with Crippen LogP contribution in [0.2, 0.25) is 0 Å². The van der Waals surface area contributed by atoms with Crippen molar-refractivity contribution >= 4 is 11.8 Å². The van der Waals surface area contributed by atoms with Gasteiger partial charge >= 0.3 is 0 Å². The molecular weight excluding hydrogens is 244 g/mol. The van der Waals surface area contributed by atoms with Gasteiger partial charge in [0, 0.05) is 19.6 Å². The molecule has 2 amide bonds. The number of hydrogen-bond donors (Lipinski definition) is 1. The lowest BCUT2D eigenvalue weighted by atomic mass is 10.1. The Morgan fingerprint density at radius 2 is 2.11 bits per heavy atom. The molecule has 1 aliphatic heterocycles. The molecule has 0 aromatic carbocycles. The zero-order chi connectivity index (χ0) is 13.7. The molecule has 1 atom stereocenters. The van der Waals surface area contributed by atoms with Crippen molar-refractivity contribution in [2.24, 2.45) is 5.92 Å². The average molecular weight is 264 g/mol. The van der Waals surface area contributed by atoms with Gasteiger partial charge in [0.15, 0.2) is 5.76 Å². The normalized spacial score (nSPS) is 17.0. The summed E-state index contributed by atoms with van der Waals surface area (Å²) in [7, 11) is 0. The second kappa shape index (κ2) is 6.41. The molecule has 2 rings (SSSR count). The summed E-state index contributed by atoms with van der Waals surface area (Å²) in [5, 5.41) is 2.72. The summed E-state index contributed by atoms with van der Waals surface area (Å²) in [6, 6.07) is 3.27. The van der Waals surface area contributed by atoms with E-state index in [9.17, 15) is 9.59 Å². The molecule has 1 fully saturated rings. The zero-order valence-electron chi connectivity index (χ0n) is 11.2. The van der Waals surface area contributed by atoms with Gasteiger partial charge in [-0.3, -0.25) is 9.59 Å². The number of rotatable bonds is 4. The number of carbonyl (C=O) groups excluding carboxylic acids is 2. The van der Waals surface area contributed by atoms with Crippen LogP contribution in [-0.2, 0) is 4.79 Å². The lowest BCUT2D eigenvalue weighted by molar-refractivity contribution is -0.135. The van der Waals surface area contributed by atoms with Crippen LogP contribution in [0, 0.1) is 5.92 Å². The first-order valence-electron chi connectivity index (χ1n) is 6.79. The summed E-state index contributed by atoms with van der Waals surface area (Å²) in [6.07, 6.45) is 4.82. The summed E-state index contributed by atoms with van der Waals surface area (Å²) in [5.74, 6) is -0.0719. The maximum Gasteiger partial charge on any atom is 0.287 e. The van der Waals surface area contributed by atoms with Crippen LogP contribution in [0.4, 0.5) is 0 Å². The third kappa shape index (κ3) is 3.59. The van der Waals surface area contributed by atoms with E-state index in [1.54, 1.807) is 12.1 Å². The predicted octanol–water partition coefficient (Wildman–Crippen LogP) is 1.66. The number of piperidine rings is 1. The fourth-order valence-electron chi connectivity index (χ4n) is 2.25. The van der Waals surface area contributed by atoms with E-state index in [2.05, 4.69) is 5.32 Å². The van der Waals surface area contributed by atoms with Gasteiger partial charge in [0.2, 0.25) is 5.91 Å². The van der Waals surface area contributed by atoms with Crippen molar-refractivity contribution in [3.8, 4) is 0 Å². The van der Waals surface area contributed by atoms with Gasteiger partial charge < -0.3 is 14.6 Å².